The van der Waals surface area contributed by atoms with Crippen molar-refractivity contribution < 1.29 is 14.7 Å². The van der Waals surface area contributed by atoms with Crippen molar-refractivity contribution in [1.82, 2.24) is 4.90 Å². The highest BCUT2D eigenvalue weighted by Crippen LogP contribution is 2.27. The van der Waals surface area contributed by atoms with Crippen LogP contribution in [0.2, 0.25) is 10.0 Å². The Balaban J connectivity index is 2.10. The number of nitrogens with two attached hydrogens (primary N) is 1. The van der Waals surface area contributed by atoms with Crippen molar-refractivity contribution in [2.24, 2.45) is 5.73 Å². The molecule has 0 aromatic heterocycles. The zero-order valence-corrected chi connectivity index (χ0v) is 12.8. The van der Waals surface area contributed by atoms with Crippen LogP contribution < -0.4 is 5.73 Å². The van der Waals surface area contributed by atoms with Crippen LogP contribution >= 0.6 is 23.2 Å². The van der Waals surface area contributed by atoms with E-state index in [1.807, 2.05) is 0 Å². The molecule has 1 aliphatic rings. The van der Waals surface area contributed by atoms with Crippen molar-refractivity contribution in [2.45, 2.75) is 24.9 Å². The van der Waals surface area contributed by atoms with Gasteiger partial charge < -0.3 is 15.7 Å². The molecule has 1 aromatic rings. The highest BCUT2D eigenvalue weighted by atomic mass is 35.5. The van der Waals surface area contributed by atoms with E-state index in [9.17, 15) is 14.7 Å². The first-order chi connectivity index (χ1) is 9.83. The molecule has 0 bridgehead atoms. The molecule has 0 radical (unpaired) electrons. The number of carbonyl (C=O) groups is 2. The second kappa shape index (κ2) is 6.22. The summed E-state index contributed by atoms with van der Waals surface area (Å²) in [6.07, 6.45) is 0.854. The zero-order valence-electron chi connectivity index (χ0n) is 11.3. The van der Waals surface area contributed by atoms with Gasteiger partial charge in [-0.15, -0.1) is 0 Å². The first kappa shape index (κ1) is 16.1. The fourth-order valence-electron chi connectivity index (χ4n) is 2.41. The number of hydrogen-bond donors (Lipinski definition) is 2. The minimum atomic E-state index is -1.65. The molecule has 0 unspecified atom stereocenters. The number of halogens is 2. The van der Waals surface area contributed by atoms with E-state index in [-0.39, 0.29) is 25.3 Å². The Kier molecular flexibility index (Phi) is 4.76. The quantitative estimate of drug-likeness (QED) is 0.878. The van der Waals surface area contributed by atoms with E-state index >= 15 is 0 Å². The number of amides is 2. The van der Waals surface area contributed by atoms with Crippen LogP contribution in [-0.2, 0) is 16.0 Å². The standard InChI is InChI=1S/C14H16Cl2N2O3/c15-10-4-1-3-9(12(10)16)7-11(19)18-6-2-5-14(21,8-18)13(17)20/h1,3-4,21H,2,5-8H2,(H2,17,20)/t14-/m1/s1. The minimum Gasteiger partial charge on any atom is -0.378 e. The van der Waals surface area contributed by atoms with Gasteiger partial charge in [0.05, 0.1) is 23.0 Å². The van der Waals surface area contributed by atoms with Gasteiger partial charge in [-0.3, -0.25) is 9.59 Å². The molecular formula is C14H16Cl2N2O3. The van der Waals surface area contributed by atoms with Gasteiger partial charge in [0, 0.05) is 6.54 Å². The van der Waals surface area contributed by atoms with Crippen molar-refractivity contribution in [3.05, 3.63) is 33.8 Å². The highest BCUT2D eigenvalue weighted by molar-refractivity contribution is 6.42. The van der Waals surface area contributed by atoms with E-state index in [2.05, 4.69) is 0 Å². The number of likely N-dealkylation sites (tertiary alicyclic amines) is 1. The summed E-state index contributed by atoms with van der Waals surface area (Å²) in [6, 6.07) is 5.08. The van der Waals surface area contributed by atoms with Crippen molar-refractivity contribution >= 4 is 35.0 Å². The van der Waals surface area contributed by atoms with E-state index < -0.39 is 11.5 Å². The number of aliphatic hydroxyl groups is 1. The van der Waals surface area contributed by atoms with Crippen molar-refractivity contribution in [1.29, 1.82) is 0 Å². The predicted molar refractivity (Wildman–Crippen MR) is 80.1 cm³/mol. The van der Waals surface area contributed by atoms with E-state index in [1.54, 1.807) is 18.2 Å². The SMILES string of the molecule is NC(=O)[C@@]1(O)CCCN(C(=O)Cc2cccc(Cl)c2Cl)C1. The lowest BCUT2D eigenvalue weighted by Gasteiger charge is -2.37. The van der Waals surface area contributed by atoms with Crippen LogP contribution in [0.25, 0.3) is 0 Å². The van der Waals surface area contributed by atoms with Crippen molar-refractivity contribution in [3.8, 4) is 0 Å². The normalized spacial score (nSPS) is 22.1. The number of rotatable bonds is 3. The van der Waals surface area contributed by atoms with Crippen LogP contribution in [-0.4, -0.2) is 40.5 Å². The summed E-state index contributed by atoms with van der Waals surface area (Å²) in [5.41, 5.74) is 4.16. The van der Waals surface area contributed by atoms with Gasteiger partial charge in [0.15, 0.2) is 5.60 Å². The molecule has 1 aromatic carbocycles. The molecule has 21 heavy (non-hydrogen) atoms. The van der Waals surface area contributed by atoms with E-state index in [0.717, 1.165) is 0 Å². The Morgan fingerprint density at radius 1 is 1.38 bits per heavy atom. The lowest BCUT2D eigenvalue weighted by molar-refractivity contribution is -0.148. The molecule has 5 nitrogen and oxygen atoms in total. The molecule has 0 saturated carbocycles. The third kappa shape index (κ3) is 3.48. The largest absolute Gasteiger partial charge is 0.378 e. The van der Waals surface area contributed by atoms with Gasteiger partial charge in [-0.2, -0.15) is 0 Å². The fraction of sp³-hybridized carbons (Fsp3) is 0.429. The molecule has 2 rings (SSSR count). The van der Waals surface area contributed by atoms with Gasteiger partial charge in [0.25, 0.3) is 5.91 Å². The molecule has 7 heteroatoms. The molecule has 1 fully saturated rings. The monoisotopic (exact) mass is 330 g/mol. The van der Waals surface area contributed by atoms with Gasteiger partial charge >= 0.3 is 0 Å². The summed E-state index contributed by atoms with van der Waals surface area (Å²) in [6.45, 7) is 0.395. The third-order valence-electron chi connectivity index (χ3n) is 3.66. The molecule has 1 heterocycles. The number of hydrogen-bond acceptors (Lipinski definition) is 3. The Hall–Kier alpha value is -1.30. The molecule has 1 saturated heterocycles. The van der Waals surface area contributed by atoms with Gasteiger partial charge in [0.1, 0.15) is 0 Å². The van der Waals surface area contributed by atoms with Gasteiger partial charge in [-0.05, 0) is 24.5 Å². The molecule has 0 aliphatic carbocycles. The number of β-amino-alcohol motifs (C(OH)–C–C–N with tert-alkyl or cyclic N) is 1. The van der Waals surface area contributed by atoms with Crippen molar-refractivity contribution in [2.75, 3.05) is 13.1 Å². The lowest BCUT2D eigenvalue weighted by atomic mass is 9.92. The third-order valence-corrected chi connectivity index (χ3v) is 4.51. The van der Waals surface area contributed by atoms with Crippen LogP contribution in [0, 0.1) is 0 Å². The number of primary amides is 1. The highest BCUT2D eigenvalue weighted by Gasteiger charge is 2.40. The molecule has 2 amide bonds. The first-order valence-electron chi connectivity index (χ1n) is 6.56. The van der Waals surface area contributed by atoms with Crippen LogP contribution in [0.4, 0.5) is 0 Å². The summed E-state index contributed by atoms with van der Waals surface area (Å²) in [7, 11) is 0. The van der Waals surface area contributed by atoms with E-state index in [1.165, 1.54) is 4.90 Å². The van der Waals surface area contributed by atoms with Gasteiger partial charge in [-0.25, -0.2) is 0 Å². The maximum atomic E-state index is 12.3. The minimum absolute atomic E-state index is 0.0637. The molecule has 1 aliphatic heterocycles. The molecule has 114 valence electrons. The molecule has 0 spiro atoms. The smallest absolute Gasteiger partial charge is 0.251 e. The first-order valence-corrected chi connectivity index (χ1v) is 7.32. The number of piperidine rings is 1. The Morgan fingerprint density at radius 3 is 2.76 bits per heavy atom. The zero-order chi connectivity index (χ0) is 15.6. The van der Waals surface area contributed by atoms with Gasteiger partial charge in [0.2, 0.25) is 5.91 Å². The Bertz CT molecular complexity index is 579. The number of carbonyl (C=O) groups excluding carboxylic acids is 2. The molecular weight excluding hydrogens is 315 g/mol. The maximum Gasteiger partial charge on any atom is 0.251 e. The topological polar surface area (TPSA) is 83.6 Å². The second-order valence-electron chi connectivity index (χ2n) is 5.20. The maximum absolute atomic E-state index is 12.3. The summed E-state index contributed by atoms with van der Waals surface area (Å²) < 4.78 is 0. The average Bonchev–Trinajstić information content (AvgIpc) is 2.43. The average molecular weight is 331 g/mol. The van der Waals surface area contributed by atoms with E-state index in [4.69, 9.17) is 28.9 Å². The van der Waals surface area contributed by atoms with Crippen LogP contribution in [0.1, 0.15) is 18.4 Å². The predicted octanol–water partition coefficient (Wildman–Crippen LogP) is 1.37. The second-order valence-corrected chi connectivity index (χ2v) is 5.99. The van der Waals surface area contributed by atoms with E-state index in [0.29, 0.717) is 28.6 Å². The summed E-state index contributed by atoms with van der Waals surface area (Å²) in [5, 5.41) is 10.8. The van der Waals surface area contributed by atoms with Gasteiger partial charge in [-0.1, -0.05) is 35.3 Å². The Labute approximate surface area is 132 Å². The van der Waals surface area contributed by atoms with Crippen molar-refractivity contribution in [3.63, 3.8) is 0 Å². The summed E-state index contributed by atoms with van der Waals surface area (Å²) in [5.74, 6) is -1.03. The number of benzene rings is 1. The molecule has 1 atom stereocenters. The van der Waals surface area contributed by atoms with Crippen LogP contribution in [0.3, 0.4) is 0 Å². The van der Waals surface area contributed by atoms with Crippen LogP contribution in [0.15, 0.2) is 18.2 Å². The van der Waals surface area contributed by atoms with Crippen LogP contribution in [0.5, 0.6) is 0 Å². The Morgan fingerprint density at radius 2 is 2.10 bits per heavy atom. The summed E-state index contributed by atoms with van der Waals surface area (Å²) in [4.78, 5) is 25.0. The summed E-state index contributed by atoms with van der Waals surface area (Å²) >= 11 is 12.0. The number of nitrogens with zero attached hydrogens (tertiary/aromatic N) is 1. The fourth-order valence-corrected chi connectivity index (χ4v) is 2.80. The molecule has 3 N–H and O–H groups in total. The lowest BCUT2D eigenvalue weighted by Crippen LogP contribution is -2.57.